The molecule has 17 heteroatoms. The normalized spacial score (nSPS) is 11.5. The van der Waals surface area contributed by atoms with E-state index >= 15 is 0 Å². The quantitative estimate of drug-likeness (QED) is 0.123. The van der Waals surface area contributed by atoms with Crippen LogP contribution in [0.5, 0.6) is 0 Å². The summed E-state index contributed by atoms with van der Waals surface area (Å²) in [7, 11) is 97.7. The zero-order chi connectivity index (χ0) is 48.2. The van der Waals surface area contributed by atoms with Crippen LogP contribution in [-0.2, 0) is 0 Å². The van der Waals surface area contributed by atoms with Gasteiger partial charge in [0, 0.05) is 11.3 Å². The predicted octanol–water partition coefficient (Wildman–Crippen LogP) is -4.43. The lowest BCUT2D eigenvalue weighted by atomic mass is 9.59. The third kappa shape index (κ3) is 6.96. The summed E-state index contributed by atoms with van der Waals surface area (Å²) >= 11 is 0. The summed E-state index contributed by atoms with van der Waals surface area (Å²) in [4.78, 5) is 5.12. The van der Waals surface area contributed by atoms with Crippen molar-refractivity contribution in [2.75, 3.05) is 0 Å². The van der Waals surface area contributed by atoms with E-state index in [4.69, 9.17) is 123 Å². The van der Waals surface area contributed by atoms with E-state index in [1.54, 1.807) is 0 Å². The Labute approximate surface area is 416 Å². The molecule has 0 atom stereocenters. The lowest BCUT2D eigenvalue weighted by molar-refractivity contribution is 1.12. The summed E-state index contributed by atoms with van der Waals surface area (Å²) in [6, 6.07) is 37.8. The van der Waals surface area contributed by atoms with E-state index < -0.39 is 0 Å². The first-order valence-corrected chi connectivity index (χ1v) is 21.2. The number of aromatic nitrogens is 2. The first-order valence-electron chi connectivity index (χ1n) is 21.2. The van der Waals surface area contributed by atoms with Crippen LogP contribution in [0.25, 0.3) is 94.2 Å². The fraction of sp³-hybridized carbons (Fsp3) is 0. The summed E-state index contributed by atoms with van der Waals surface area (Å²) in [6.07, 6.45) is 0. The summed E-state index contributed by atoms with van der Waals surface area (Å²) in [5.74, 6) is 0.551. The third-order valence-electron chi connectivity index (χ3n) is 13.0. The Hall–Kier alpha value is -6.06. The molecule has 0 aliphatic carbocycles. The molecule has 0 saturated carbocycles. The Morgan fingerprint density at radius 3 is 1.04 bits per heavy atom. The average Bonchev–Trinajstić information content (AvgIpc) is 3.73. The van der Waals surface area contributed by atoms with Crippen molar-refractivity contribution in [3.8, 4) is 61.6 Å². The van der Waals surface area contributed by atoms with Crippen molar-refractivity contribution < 1.29 is 0 Å². The minimum absolute atomic E-state index is 0.0782. The molecule has 0 amide bonds. The molecule has 0 aliphatic heterocycles. The number of imidazole rings is 1. The highest BCUT2D eigenvalue weighted by Gasteiger charge is 2.24. The number of para-hydroxylation sites is 2. The fourth-order valence-electron chi connectivity index (χ4n) is 9.47. The van der Waals surface area contributed by atoms with Crippen LogP contribution in [0.15, 0.2) is 115 Å². The van der Waals surface area contributed by atoms with Gasteiger partial charge >= 0.3 is 0 Å². The minimum atomic E-state index is 0.0782. The Balaban J connectivity index is 1.26. The molecule has 9 aromatic carbocycles. The Morgan fingerprint density at radius 2 is 0.603 bits per heavy atom. The standard InChI is InChI=1S/C51H19B15N2/c52-35-33(36(53)40(57)43(60)39(35)56)23-17-22(18-24(19-23)34-37(54)41(58)44(61)42(59)38(34)55)32-27-12-3-1-10-25(27)31(26-11-2-4-13-28(26)32)20-8-7-9-21(16-20)51-67-29-14-5-6-15-30(29)68(51)50-48(65)46(63)45(62)47(64)49(50)66/h1-19H. The molecular formula is C51H19B15N2. The average molecular weight is 822 g/mol. The van der Waals surface area contributed by atoms with E-state index in [1.807, 2.05) is 83.4 Å². The van der Waals surface area contributed by atoms with Crippen LogP contribution >= 0.6 is 0 Å². The maximum absolute atomic E-state index is 6.73. The lowest BCUT2D eigenvalue weighted by Gasteiger charge is -2.25. The van der Waals surface area contributed by atoms with E-state index in [0.29, 0.717) is 39.3 Å². The largest absolute Gasteiger partial charge is 0.294 e. The number of benzene rings is 9. The van der Waals surface area contributed by atoms with Gasteiger partial charge in [0.05, 0.1) is 11.0 Å². The number of nitrogens with zero attached hydrogens (tertiary/aromatic N) is 2. The van der Waals surface area contributed by atoms with Crippen molar-refractivity contribution in [1.82, 2.24) is 9.55 Å². The van der Waals surface area contributed by atoms with Crippen LogP contribution in [0, 0.1) is 0 Å². The first-order chi connectivity index (χ1) is 32.5. The van der Waals surface area contributed by atoms with Crippen molar-refractivity contribution in [2.24, 2.45) is 0 Å². The highest BCUT2D eigenvalue weighted by molar-refractivity contribution is 6.71. The molecule has 30 radical (unpaired) electrons. The van der Waals surface area contributed by atoms with Crippen LogP contribution in [0.2, 0.25) is 0 Å². The van der Waals surface area contributed by atoms with Gasteiger partial charge in [-0.3, -0.25) is 4.57 Å². The second kappa shape index (κ2) is 17.2. The predicted molar refractivity (Wildman–Crippen MR) is 304 cm³/mol. The molecule has 0 N–H and O–H groups in total. The molecule has 0 saturated heterocycles. The van der Waals surface area contributed by atoms with E-state index in [9.17, 15) is 0 Å². The monoisotopic (exact) mass is 824 g/mol. The number of rotatable bonds is 6. The molecule has 278 valence electrons. The maximum Gasteiger partial charge on any atom is 0.145 e. The van der Waals surface area contributed by atoms with Crippen LogP contribution in [-0.4, -0.2) is 127 Å². The zero-order valence-corrected chi connectivity index (χ0v) is 36.5. The van der Waals surface area contributed by atoms with Crippen LogP contribution in [0.3, 0.4) is 0 Å². The number of fused-ring (bicyclic) bond motifs is 3. The summed E-state index contributed by atoms with van der Waals surface area (Å²) in [5.41, 5.74) is 9.64. The van der Waals surface area contributed by atoms with Crippen molar-refractivity contribution in [2.45, 2.75) is 0 Å². The van der Waals surface area contributed by atoms with E-state index in [0.717, 1.165) is 54.9 Å². The molecule has 68 heavy (non-hydrogen) atoms. The van der Waals surface area contributed by atoms with Gasteiger partial charge in [-0.05, 0) is 102 Å². The van der Waals surface area contributed by atoms with Crippen LogP contribution in [0.1, 0.15) is 0 Å². The SMILES string of the molecule is [B]c1c([B])c([B])c(-c2cc(-c3c([B])c([B])c([B])c([B])c3[B])cc(-c3c4ccccc4c(-c4cccc(-c5nc6ccccc6n5-c5c([B])c([B])c([B])c([B])c5[B])c4)c4ccccc34)c2)c([B])c1[B]. The van der Waals surface area contributed by atoms with Gasteiger partial charge in [0.1, 0.15) is 124 Å². The maximum atomic E-state index is 6.73. The summed E-state index contributed by atoms with van der Waals surface area (Å²) < 4.78 is 1.87. The third-order valence-corrected chi connectivity index (χ3v) is 13.0. The fourth-order valence-corrected chi connectivity index (χ4v) is 9.47. The van der Waals surface area contributed by atoms with Crippen molar-refractivity contribution >= 4 is 232 Å². The molecule has 1 aromatic heterocycles. The van der Waals surface area contributed by atoms with E-state index in [1.165, 1.54) is 0 Å². The molecule has 10 aromatic rings. The topological polar surface area (TPSA) is 17.8 Å². The summed E-state index contributed by atoms with van der Waals surface area (Å²) in [6.45, 7) is 0. The van der Waals surface area contributed by atoms with E-state index in [-0.39, 0.29) is 81.9 Å². The van der Waals surface area contributed by atoms with Gasteiger partial charge in [0.2, 0.25) is 0 Å². The van der Waals surface area contributed by atoms with Crippen molar-refractivity contribution in [1.29, 1.82) is 0 Å². The van der Waals surface area contributed by atoms with Gasteiger partial charge in [0.15, 0.2) is 0 Å². The Kier molecular flexibility index (Phi) is 11.5. The van der Waals surface area contributed by atoms with Gasteiger partial charge in [-0.25, -0.2) is 4.98 Å². The highest BCUT2D eigenvalue weighted by Crippen LogP contribution is 2.45. The van der Waals surface area contributed by atoms with Gasteiger partial charge in [-0.2, -0.15) is 0 Å². The van der Waals surface area contributed by atoms with E-state index in [2.05, 4.69) is 36.4 Å². The second-order valence-electron chi connectivity index (χ2n) is 16.8. The Bertz CT molecular complexity index is 3590. The van der Waals surface area contributed by atoms with Gasteiger partial charge < -0.3 is 0 Å². The summed E-state index contributed by atoms with van der Waals surface area (Å²) in [5, 5.41) is 3.69. The van der Waals surface area contributed by atoms with Gasteiger partial charge in [-0.1, -0.05) is 112 Å². The lowest BCUT2D eigenvalue weighted by Crippen LogP contribution is -2.56. The molecule has 1 heterocycles. The second-order valence-corrected chi connectivity index (χ2v) is 16.8. The van der Waals surface area contributed by atoms with Crippen molar-refractivity contribution in [3.05, 3.63) is 115 Å². The first kappa shape index (κ1) is 45.7. The number of hydrogen-bond acceptors (Lipinski definition) is 1. The van der Waals surface area contributed by atoms with Crippen LogP contribution < -0.4 is 81.9 Å². The Morgan fingerprint density at radius 1 is 0.279 bits per heavy atom. The molecule has 0 aliphatic rings. The van der Waals surface area contributed by atoms with Gasteiger partial charge in [0.25, 0.3) is 0 Å². The molecule has 10 rings (SSSR count). The minimum Gasteiger partial charge on any atom is -0.294 e. The van der Waals surface area contributed by atoms with Crippen LogP contribution in [0.4, 0.5) is 0 Å². The zero-order valence-electron chi connectivity index (χ0n) is 36.5. The molecule has 0 spiro atoms. The highest BCUT2D eigenvalue weighted by atomic mass is 15.1. The molecule has 0 fully saturated rings. The smallest absolute Gasteiger partial charge is 0.145 e. The molecule has 2 nitrogen and oxygen atoms in total. The molecule has 0 unspecified atom stereocenters. The van der Waals surface area contributed by atoms with Crippen molar-refractivity contribution in [3.63, 3.8) is 0 Å². The van der Waals surface area contributed by atoms with Gasteiger partial charge in [-0.15, -0.1) is 49.2 Å². The molecular weight excluding hydrogens is 803 g/mol. The molecule has 0 bridgehead atoms. The number of hydrogen-bond donors (Lipinski definition) is 0.